The maximum atomic E-state index is 12.1. The van der Waals surface area contributed by atoms with E-state index in [9.17, 15) is 9.59 Å². The molecule has 2 rings (SSSR count). The Morgan fingerprint density at radius 2 is 1.75 bits per heavy atom. The Hall–Kier alpha value is -2.10. The van der Waals surface area contributed by atoms with Gasteiger partial charge in [-0.3, -0.25) is 9.59 Å². The van der Waals surface area contributed by atoms with Crippen LogP contribution in [0, 0.1) is 18.8 Å². The van der Waals surface area contributed by atoms with Gasteiger partial charge in [0.15, 0.2) is 0 Å². The smallest absolute Gasteiger partial charge is 0.307 e. The molecular formula is C16H19NO3. The van der Waals surface area contributed by atoms with Crippen molar-refractivity contribution in [1.29, 1.82) is 0 Å². The molecule has 4 nitrogen and oxygen atoms in total. The SMILES string of the molecule is Cc1ccc(CNC(=O)[C@H]2CC=CC[C@H]2C(=O)O)cc1. The molecule has 1 aromatic carbocycles. The van der Waals surface area contributed by atoms with E-state index in [1.54, 1.807) is 0 Å². The summed E-state index contributed by atoms with van der Waals surface area (Å²) >= 11 is 0. The number of benzene rings is 1. The molecule has 20 heavy (non-hydrogen) atoms. The van der Waals surface area contributed by atoms with Gasteiger partial charge < -0.3 is 10.4 Å². The highest BCUT2D eigenvalue weighted by Crippen LogP contribution is 2.26. The van der Waals surface area contributed by atoms with E-state index in [1.807, 2.05) is 43.3 Å². The molecule has 1 amide bonds. The van der Waals surface area contributed by atoms with Crippen LogP contribution in [-0.2, 0) is 16.1 Å². The highest BCUT2D eigenvalue weighted by Gasteiger charge is 2.33. The number of carbonyl (C=O) groups excluding carboxylic acids is 1. The maximum Gasteiger partial charge on any atom is 0.307 e. The second-order valence-electron chi connectivity index (χ2n) is 5.20. The molecule has 0 unspecified atom stereocenters. The van der Waals surface area contributed by atoms with Crippen LogP contribution in [0.15, 0.2) is 36.4 Å². The number of amides is 1. The summed E-state index contributed by atoms with van der Waals surface area (Å²) in [5, 5.41) is 12.0. The van der Waals surface area contributed by atoms with Gasteiger partial charge in [0, 0.05) is 6.54 Å². The summed E-state index contributed by atoms with van der Waals surface area (Å²) in [6, 6.07) is 7.91. The fraction of sp³-hybridized carbons (Fsp3) is 0.375. The molecule has 0 radical (unpaired) electrons. The molecular weight excluding hydrogens is 254 g/mol. The zero-order chi connectivity index (χ0) is 14.5. The summed E-state index contributed by atoms with van der Waals surface area (Å²) in [4.78, 5) is 23.3. The van der Waals surface area contributed by atoms with E-state index < -0.39 is 17.8 Å². The van der Waals surface area contributed by atoms with Gasteiger partial charge in [-0.2, -0.15) is 0 Å². The van der Waals surface area contributed by atoms with E-state index in [0.717, 1.165) is 5.56 Å². The van der Waals surface area contributed by atoms with E-state index >= 15 is 0 Å². The lowest BCUT2D eigenvalue weighted by Crippen LogP contribution is -2.38. The minimum absolute atomic E-state index is 0.178. The summed E-state index contributed by atoms with van der Waals surface area (Å²) < 4.78 is 0. The van der Waals surface area contributed by atoms with Crippen LogP contribution >= 0.6 is 0 Å². The predicted octanol–water partition coefficient (Wildman–Crippen LogP) is 2.28. The first kappa shape index (κ1) is 14.3. The summed E-state index contributed by atoms with van der Waals surface area (Å²) in [6.45, 7) is 2.44. The largest absolute Gasteiger partial charge is 0.481 e. The maximum absolute atomic E-state index is 12.1. The number of rotatable bonds is 4. The molecule has 0 fully saturated rings. The third-order valence-corrected chi connectivity index (χ3v) is 3.67. The van der Waals surface area contributed by atoms with Gasteiger partial charge in [0.05, 0.1) is 11.8 Å². The number of hydrogen-bond donors (Lipinski definition) is 2. The number of carboxylic acid groups (broad SMARTS) is 1. The number of nitrogens with one attached hydrogen (secondary N) is 1. The van der Waals surface area contributed by atoms with Gasteiger partial charge in [0.2, 0.25) is 5.91 Å². The van der Waals surface area contributed by atoms with Crippen LogP contribution in [0.25, 0.3) is 0 Å². The van der Waals surface area contributed by atoms with Crippen LogP contribution in [0.3, 0.4) is 0 Å². The lowest BCUT2D eigenvalue weighted by Gasteiger charge is -2.24. The molecule has 0 aromatic heterocycles. The molecule has 2 N–H and O–H groups in total. The minimum atomic E-state index is -0.898. The molecule has 1 aliphatic rings. The van der Waals surface area contributed by atoms with Crippen molar-refractivity contribution in [2.24, 2.45) is 11.8 Å². The first-order chi connectivity index (χ1) is 9.58. The molecule has 0 spiro atoms. The summed E-state index contributed by atoms with van der Waals surface area (Å²) in [5.41, 5.74) is 2.19. The Labute approximate surface area is 118 Å². The number of carbonyl (C=O) groups is 2. The summed E-state index contributed by atoms with van der Waals surface area (Å²) in [6.07, 6.45) is 4.65. The van der Waals surface area contributed by atoms with Crippen molar-refractivity contribution in [1.82, 2.24) is 5.32 Å². The fourth-order valence-electron chi connectivity index (χ4n) is 2.40. The van der Waals surface area contributed by atoms with Gasteiger partial charge in [0.1, 0.15) is 0 Å². The van der Waals surface area contributed by atoms with Gasteiger partial charge in [-0.05, 0) is 25.3 Å². The summed E-state index contributed by atoms with van der Waals surface area (Å²) in [5.74, 6) is -2.16. The van der Waals surface area contributed by atoms with Crippen molar-refractivity contribution in [3.8, 4) is 0 Å². The van der Waals surface area contributed by atoms with Crippen LogP contribution in [0.5, 0.6) is 0 Å². The first-order valence-electron chi connectivity index (χ1n) is 6.79. The minimum Gasteiger partial charge on any atom is -0.481 e. The van der Waals surface area contributed by atoms with Crippen molar-refractivity contribution in [2.45, 2.75) is 26.3 Å². The van der Waals surface area contributed by atoms with E-state index in [-0.39, 0.29) is 5.91 Å². The molecule has 0 aliphatic heterocycles. The van der Waals surface area contributed by atoms with Crippen LogP contribution in [0.4, 0.5) is 0 Å². The molecule has 4 heteroatoms. The Bertz CT molecular complexity index is 519. The van der Waals surface area contributed by atoms with E-state index in [2.05, 4.69) is 5.32 Å². The predicted molar refractivity (Wildman–Crippen MR) is 76.0 cm³/mol. The van der Waals surface area contributed by atoms with Crippen molar-refractivity contribution in [3.05, 3.63) is 47.5 Å². The molecule has 0 heterocycles. The van der Waals surface area contributed by atoms with Gasteiger partial charge in [-0.1, -0.05) is 42.0 Å². The standard InChI is InChI=1S/C16H19NO3/c1-11-6-8-12(9-7-11)10-17-15(18)13-4-2-3-5-14(13)16(19)20/h2-3,6-9,13-14H,4-5,10H2,1H3,(H,17,18)(H,19,20)/t13-,14+/m0/s1. The van der Waals surface area contributed by atoms with E-state index in [1.165, 1.54) is 5.56 Å². The number of aliphatic carboxylic acids is 1. The first-order valence-corrected chi connectivity index (χ1v) is 6.79. The quantitative estimate of drug-likeness (QED) is 0.827. The average Bonchev–Trinajstić information content (AvgIpc) is 2.46. The number of allylic oxidation sites excluding steroid dienone is 2. The Kier molecular flexibility index (Phi) is 4.56. The number of aryl methyl sites for hydroxylation is 1. The lowest BCUT2D eigenvalue weighted by atomic mass is 9.82. The zero-order valence-electron chi connectivity index (χ0n) is 11.5. The Balaban J connectivity index is 1.95. The van der Waals surface area contributed by atoms with Gasteiger partial charge in [0.25, 0.3) is 0 Å². The van der Waals surface area contributed by atoms with Crippen molar-refractivity contribution < 1.29 is 14.7 Å². The topological polar surface area (TPSA) is 66.4 Å². The molecule has 1 aromatic rings. The molecule has 106 valence electrons. The number of carboxylic acids is 1. The second kappa shape index (κ2) is 6.37. The third-order valence-electron chi connectivity index (χ3n) is 3.67. The second-order valence-corrected chi connectivity index (χ2v) is 5.20. The van der Waals surface area contributed by atoms with Crippen molar-refractivity contribution >= 4 is 11.9 Å². The monoisotopic (exact) mass is 273 g/mol. The average molecular weight is 273 g/mol. The van der Waals surface area contributed by atoms with Crippen molar-refractivity contribution in [3.63, 3.8) is 0 Å². The Morgan fingerprint density at radius 1 is 1.15 bits per heavy atom. The highest BCUT2D eigenvalue weighted by atomic mass is 16.4. The van der Waals surface area contributed by atoms with Crippen molar-refractivity contribution in [2.75, 3.05) is 0 Å². The van der Waals surface area contributed by atoms with Crippen LogP contribution < -0.4 is 5.32 Å². The number of hydrogen-bond acceptors (Lipinski definition) is 2. The zero-order valence-corrected chi connectivity index (χ0v) is 11.5. The van der Waals surface area contributed by atoms with E-state index in [4.69, 9.17) is 5.11 Å². The molecule has 0 bridgehead atoms. The van der Waals surface area contributed by atoms with Gasteiger partial charge in [-0.15, -0.1) is 0 Å². The molecule has 1 aliphatic carbocycles. The third kappa shape index (κ3) is 3.47. The highest BCUT2D eigenvalue weighted by molar-refractivity contribution is 5.85. The lowest BCUT2D eigenvalue weighted by molar-refractivity contribution is -0.147. The fourth-order valence-corrected chi connectivity index (χ4v) is 2.40. The normalized spacial score (nSPS) is 21.4. The van der Waals surface area contributed by atoms with Crippen LogP contribution in [-0.4, -0.2) is 17.0 Å². The molecule has 2 atom stereocenters. The van der Waals surface area contributed by atoms with Gasteiger partial charge >= 0.3 is 5.97 Å². The molecule has 0 saturated heterocycles. The van der Waals surface area contributed by atoms with Crippen LogP contribution in [0.2, 0.25) is 0 Å². The van der Waals surface area contributed by atoms with E-state index in [0.29, 0.717) is 19.4 Å². The molecule has 0 saturated carbocycles. The van der Waals surface area contributed by atoms with Gasteiger partial charge in [-0.25, -0.2) is 0 Å². The van der Waals surface area contributed by atoms with Crippen LogP contribution in [0.1, 0.15) is 24.0 Å². The Morgan fingerprint density at radius 3 is 2.35 bits per heavy atom. The summed E-state index contributed by atoms with van der Waals surface area (Å²) in [7, 11) is 0.